The zero-order valence-corrected chi connectivity index (χ0v) is 38.5. The van der Waals surface area contributed by atoms with Crippen molar-refractivity contribution in [3.8, 4) is 17.2 Å². The van der Waals surface area contributed by atoms with Gasteiger partial charge in [-0.1, -0.05) is 19.3 Å². The fourth-order valence-corrected chi connectivity index (χ4v) is 15.5. The van der Waals surface area contributed by atoms with E-state index in [-0.39, 0.29) is 81.3 Å². The molecule has 0 saturated heterocycles. The Morgan fingerprint density at radius 2 is 0.816 bits per heavy atom. The molecule has 418 valence electrons. The van der Waals surface area contributed by atoms with Crippen LogP contribution in [-0.2, 0) is 54.2 Å². The molecule has 0 aromatic heterocycles. The quantitative estimate of drug-likeness (QED) is 0.111. The van der Waals surface area contributed by atoms with E-state index in [1.807, 2.05) is 0 Å². The van der Waals surface area contributed by atoms with Crippen LogP contribution in [0.25, 0.3) is 0 Å². The van der Waals surface area contributed by atoms with Crippen LogP contribution in [0.3, 0.4) is 0 Å². The zero-order chi connectivity index (χ0) is 56.7. The van der Waals surface area contributed by atoms with Crippen molar-refractivity contribution in [2.45, 2.75) is 116 Å². The molecule has 3 saturated carbocycles. The van der Waals surface area contributed by atoms with Gasteiger partial charge in [0.15, 0.2) is 0 Å². The minimum atomic E-state index is -6.27. The lowest BCUT2D eigenvalue weighted by atomic mass is 9.91. The summed E-state index contributed by atoms with van der Waals surface area (Å²) in [6, 6.07) is -4.21. The van der Waals surface area contributed by atoms with Gasteiger partial charge in [-0.25, -0.2) is 0 Å². The molecule has 3 fully saturated rings. The first-order valence-corrected chi connectivity index (χ1v) is 24.0. The number of fused-ring (bicyclic) bond motifs is 2. The minimum Gasteiger partial charge on any atom is -0.490 e. The van der Waals surface area contributed by atoms with E-state index in [2.05, 4.69) is 0 Å². The van der Waals surface area contributed by atoms with Gasteiger partial charge in [-0.05, 0) is 121 Å². The number of ketones is 1. The normalized spacial score (nSPS) is 20.6. The van der Waals surface area contributed by atoms with Gasteiger partial charge in [0.2, 0.25) is 0 Å². The van der Waals surface area contributed by atoms with Crippen LogP contribution in [0.15, 0.2) is 76.5 Å². The molecule has 30 heteroatoms. The SMILES string of the molecule is O=C1C2CCC(C2)C1S(CC1CCCCC1)(c1cc(C(F)(F)F)cc(C(F)(F)F)c1)c1c(OB(Oc2cc(C(F)(F)F)cc(C(F)(F)F)c2)Oc2cc(C(F)(F)F)cc(C(F)(F)F)c2)cc(C(F)(F)F)cc1C(F)(F)F. The van der Waals surface area contributed by atoms with Gasteiger partial charge in [-0.3, -0.25) is 4.79 Å². The summed E-state index contributed by atoms with van der Waals surface area (Å²) in [5.41, 5.74) is -18.7. The first-order chi connectivity index (χ1) is 34.6. The van der Waals surface area contributed by atoms with Crippen LogP contribution >= 0.6 is 10.0 Å². The lowest BCUT2D eigenvalue weighted by Gasteiger charge is -2.52. The Bertz CT molecular complexity index is 2630. The van der Waals surface area contributed by atoms with E-state index in [0.717, 1.165) is 0 Å². The van der Waals surface area contributed by atoms with E-state index >= 15 is 13.2 Å². The Morgan fingerprint density at radius 3 is 1.17 bits per heavy atom. The van der Waals surface area contributed by atoms with Crippen molar-refractivity contribution in [3.63, 3.8) is 0 Å². The Balaban J connectivity index is 1.65. The molecule has 2 bridgehead atoms. The molecule has 0 heterocycles. The molecule has 3 aliphatic carbocycles. The van der Waals surface area contributed by atoms with Crippen molar-refractivity contribution in [2.75, 3.05) is 5.75 Å². The summed E-state index contributed by atoms with van der Waals surface area (Å²) in [6.07, 6.45) is -47.0. The molecule has 4 aromatic rings. The van der Waals surface area contributed by atoms with Crippen LogP contribution < -0.4 is 14.0 Å². The van der Waals surface area contributed by atoms with E-state index in [9.17, 15) is 97.0 Å². The van der Waals surface area contributed by atoms with Gasteiger partial charge in [-0.2, -0.15) is 115 Å². The van der Waals surface area contributed by atoms with Gasteiger partial charge < -0.3 is 14.0 Å². The summed E-state index contributed by atoms with van der Waals surface area (Å²) in [6.45, 7) is 0. The number of hydrogen-bond donors (Lipinski definition) is 0. The van der Waals surface area contributed by atoms with Crippen LogP contribution in [0.2, 0.25) is 0 Å². The first-order valence-electron chi connectivity index (χ1n) is 22.1. The fourth-order valence-electron chi connectivity index (χ4n) is 9.90. The second kappa shape index (κ2) is 19.9. The summed E-state index contributed by atoms with van der Waals surface area (Å²) in [7, 11) is -8.71. The van der Waals surface area contributed by atoms with Gasteiger partial charge in [-0.15, -0.1) is 0 Å². The molecule has 0 amide bonds. The molecule has 0 spiro atoms. The van der Waals surface area contributed by atoms with Crippen molar-refractivity contribution in [2.24, 2.45) is 17.8 Å². The monoisotopic (exact) mass is 1150 g/mol. The maximum absolute atomic E-state index is 16.0. The number of hydrogen-bond acceptors (Lipinski definition) is 4. The van der Waals surface area contributed by atoms with Crippen LogP contribution in [0, 0.1) is 17.8 Å². The van der Waals surface area contributed by atoms with Gasteiger partial charge >= 0.3 is 56.7 Å². The molecule has 4 unspecified atom stereocenters. The van der Waals surface area contributed by atoms with Crippen molar-refractivity contribution >= 4 is 23.1 Å². The Hall–Kier alpha value is -5.32. The van der Waals surface area contributed by atoms with Crippen molar-refractivity contribution in [3.05, 3.63) is 111 Å². The predicted molar refractivity (Wildman–Crippen MR) is 219 cm³/mol. The predicted octanol–water partition coefficient (Wildman–Crippen LogP) is 17.5. The van der Waals surface area contributed by atoms with Gasteiger partial charge in [0.1, 0.15) is 23.0 Å². The highest BCUT2D eigenvalue weighted by Crippen LogP contribution is 2.76. The highest BCUT2D eigenvalue weighted by Gasteiger charge is 2.60. The molecule has 0 N–H and O–H groups in total. The van der Waals surface area contributed by atoms with Crippen LogP contribution in [0.1, 0.15) is 95.9 Å². The van der Waals surface area contributed by atoms with Crippen LogP contribution in [0.5, 0.6) is 17.2 Å². The molecule has 3 aliphatic rings. The summed E-state index contributed by atoms with van der Waals surface area (Å²) >= 11 is 0. The number of Topliss-reactive ketones (excluding diaryl/α,β-unsaturated/α-hetero) is 1. The number of rotatable bonds is 11. The number of benzene rings is 4. The third-order valence-electron chi connectivity index (χ3n) is 13.1. The van der Waals surface area contributed by atoms with Crippen molar-refractivity contribution in [1.82, 2.24) is 0 Å². The number of halogens is 24. The molecule has 4 aromatic carbocycles. The zero-order valence-electron chi connectivity index (χ0n) is 37.7. The second-order valence-electron chi connectivity index (χ2n) is 18.3. The van der Waals surface area contributed by atoms with Gasteiger partial charge in [0.25, 0.3) is 0 Å². The highest BCUT2D eigenvalue weighted by atomic mass is 32.3. The third kappa shape index (κ3) is 12.5. The lowest BCUT2D eigenvalue weighted by molar-refractivity contribution is -0.146. The molecular formula is C46H33BF24O4S. The third-order valence-corrected chi connectivity index (χ3v) is 17.8. The minimum absolute atomic E-state index is 0.0462. The fraction of sp³-hybridized carbons (Fsp3) is 0.457. The second-order valence-corrected chi connectivity index (χ2v) is 21.6. The van der Waals surface area contributed by atoms with E-state index in [1.54, 1.807) is 0 Å². The average molecular weight is 1150 g/mol. The summed E-state index contributed by atoms with van der Waals surface area (Å²) in [4.78, 5) is 11.5. The molecule has 0 aliphatic heterocycles. The molecule has 4 nitrogen and oxygen atoms in total. The first kappa shape index (κ1) is 58.4. The van der Waals surface area contributed by atoms with Gasteiger partial charge in [0.05, 0.1) is 49.8 Å². The van der Waals surface area contributed by atoms with Crippen LogP contribution in [-0.4, -0.2) is 24.1 Å². The number of carbonyl (C=O) groups is 1. The van der Waals surface area contributed by atoms with E-state index in [0.29, 0.717) is 6.42 Å². The van der Waals surface area contributed by atoms with Gasteiger partial charge in [0, 0.05) is 10.8 Å². The smallest absolute Gasteiger partial charge is 0.490 e. The summed E-state index contributed by atoms with van der Waals surface area (Å²) in [5.74, 6) is -11.5. The maximum atomic E-state index is 16.0. The largest absolute Gasteiger partial charge is 0.864 e. The molecule has 76 heavy (non-hydrogen) atoms. The Morgan fingerprint density at radius 1 is 0.434 bits per heavy atom. The maximum Gasteiger partial charge on any atom is 0.864 e. The summed E-state index contributed by atoms with van der Waals surface area (Å²) < 4.78 is 367. The molecule has 7 rings (SSSR count). The van der Waals surface area contributed by atoms with E-state index in [1.165, 1.54) is 0 Å². The van der Waals surface area contributed by atoms with Crippen molar-refractivity contribution < 1.29 is 124 Å². The summed E-state index contributed by atoms with van der Waals surface area (Å²) in [5, 5.41) is -2.14. The standard InChI is InChI=1S/C46H33BF24O4S/c48-39(49,50)24-9-25(40(51,52)53)13-31(12-24)73-47(74-32-14-26(41(54,55)56)10-27(15-32)42(57,58)59)75-35-19-30(45(66,67)68)18-34(46(69,70)71)38(35)76(20-21-4-2-1-3-5-21,37-23-7-6-22(8-23)36(37)72)33-16-28(43(60,61)62)11-29(17-33)44(63,64)65/h9-19,21-23,37H,1-8,20H2. The lowest BCUT2D eigenvalue weighted by Crippen LogP contribution is -2.40. The molecule has 4 atom stereocenters. The number of carbonyl (C=O) groups excluding carboxylic acids is 1. The van der Waals surface area contributed by atoms with Crippen LogP contribution in [0.4, 0.5) is 105 Å². The Kier molecular flexibility index (Phi) is 15.2. The number of alkyl halides is 24. The molecule has 0 radical (unpaired) electrons. The Labute approximate surface area is 414 Å². The van der Waals surface area contributed by atoms with Crippen molar-refractivity contribution in [1.29, 1.82) is 0 Å². The topological polar surface area (TPSA) is 44.8 Å². The molecular weight excluding hydrogens is 1120 g/mol. The van der Waals surface area contributed by atoms with E-state index in [4.69, 9.17) is 14.0 Å². The highest BCUT2D eigenvalue weighted by molar-refractivity contribution is 8.35. The van der Waals surface area contributed by atoms with E-state index < -0.39 is 203 Å². The average Bonchev–Trinajstić information content (AvgIpc) is 3.88.